The Morgan fingerprint density at radius 1 is 1.00 bits per heavy atom. The molecule has 0 fully saturated rings. The minimum absolute atomic E-state index is 0.102. The summed E-state index contributed by atoms with van der Waals surface area (Å²) >= 11 is 6.18. The van der Waals surface area contributed by atoms with Gasteiger partial charge in [-0.25, -0.2) is 4.39 Å². The second-order valence-corrected chi connectivity index (χ2v) is 9.97. The summed E-state index contributed by atoms with van der Waals surface area (Å²) < 4.78 is 13.8. The lowest BCUT2D eigenvalue weighted by atomic mass is 9.78. The third-order valence-corrected chi connectivity index (χ3v) is 7.84. The van der Waals surface area contributed by atoms with Gasteiger partial charge in [0.1, 0.15) is 12.0 Å². The average molecular weight is 448 g/mol. The molecule has 0 aromatic heterocycles. The monoisotopic (exact) mass is 447 g/mol. The first-order valence-electron chi connectivity index (χ1n) is 12.0. The molecule has 0 radical (unpaired) electrons. The number of halogens is 2. The Kier molecular flexibility index (Phi) is 6.81. The maximum Gasteiger partial charge on any atom is 0.114 e. The summed E-state index contributed by atoms with van der Waals surface area (Å²) in [4.78, 5) is 0. The smallest absolute Gasteiger partial charge is 0.114 e. The molecule has 0 saturated heterocycles. The molecule has 0 aromatic rings. The van der Waals surface area contributed by atoms with E-state index in [0.717, 1.165) is 58.3 Å². The first-order chi connectivity index (χ1) is 15.2. The van der Waals surface area contributed by atoms with Gasteiger partial charge in [-0.1, -0.05) is 29.3 Å². The number of hydrogen-bond donors (Lipinski definition) is 5. The van der Waals surface area contributed by atoms with E-state index < -0.39 is 0 Å². The van der Waals surface area contributed by atoms with Crippen molar-refractivity contribution in [3.05, 3.63) is 45.4 Å². The Morgan fingerprint density at radius 2 is 1.94 bits per heavy atom. The molecule has 170 valence electrons. The van der Waals surface area contributed by atoms with Gasteiger partial charge < -0.3 is 16.0 Å². The number of hydrogen-bond acceptors (Lipinski definition) is 5. The van der Waals surface area contributed by atoms with Crippen molar-refractivity contribution in [1.29, 1.82) is 0 Å². The first-order valence-corrected chi connectivity index (χ1v) is 12.4. The van der Waals surface area contributed by atoms with Crippen LogP contribution in [0.4, 0.5) is 4.39 Å². The SMILES string of the molecule is FC1=C(Cl)C[C@@H](N[C@H]2N[C@@H](C3=CCCNC3)NC3=C2C[C@H](C2=CCNCC2)CC3)CC1. The van der Waals surface area contributed by atoms with Gasteiger partial charge in [0.2, 0.25) is 0 Å². The molecule has 5 rings (SSSR count). The molecule has 31 heavy (non-hydrogen) atoms. The Balaban J connectivity index is 1.36. The van der Waals surface area contributed by atoms with Gasteiger partial charge in [-0.05, 0) is 68.7 Å². The highest BCUT2D eigenvalue weighted by molar-refractivity contribution is 6.29. The molecule has 0 saturated carbocycles. The van der Waals surface area contributed by atoms with Crippen LogP contribution in [0.5, 0.6) is 0 Å². The number of allylic oxidation sites excluding steroid dienone is 2. The van der Waals surface area contributed by atoms with E-state index in [1.54, 1.807) is 5.57 Å². The van der Waals surface area contributed by atoms with Gasteiger partial charge in [0.25, 0.3) is 0 Å². The van der Waals surface area contributed by atoms with Gasteiger partial charge in [-0.3, -0.25) is 10.6 Å². The zero-order valence-corrected chi connectivity index (χ0v) is 19.0. The number of nitrogens with one attached hydrogen (secondary N) is 5. The van der Waals surface area contributed by atoms with Crippen molar-refractivity contribution in [2.75, 3.05) is 26.2 Å². The van der Waals surface area contributed by atoms with Crippen LogP contribution < -0.4 is 26.6 Å². The summed E-state index contributed by atoms with van der Waals surface area (Å²) in [6.45, 7) is 4.06. The Morgan fingerprint density at radius 3 is 2.71 bits per heavy atom. The van der Waals surface area contributed by atoms with Crippen molar-refractivity contribution in [2.24, 2.45) is 5.92 Å². The van der Waals surface area contributed by atoms with E-state index in [9.17, 15) is 4.39 Å². The highest BCUT2D eigenvalue weighted by atomic mass is 35.5. The van der Waals surface area contributed by atoms with Gasteiger partial charge in [-0.2, -0.15) is 0 Å². The van der Waals surface area contributed by atoms with Crippen molar-refractivity contribution >= 4 is 11.6 Å². The second-order valence-electron chi connectivity index (χ2n) is 9.51. The van der Waals surface area contributed by atoms with Crippen molar-refractivity contribution in [3.8, 4) is 0 Å². The maximum atomic E-state index is 13.8. The van der Waals surface area contributed by atoms with Crippen LogP contribution in [0.3, 0.4) is 0 Å². The second kappa shape index (κ2) is 9.75. The van der Waals surface area contributed by atoms with Crippen molar-refractivity contribution in [3.63, 3.8) is 0 Å². The quantitative estimate of drug-likeness (QED) is 0.428. The van der Waals surface area contributed by atoms with E-state index in [2.05, 4.69) is 38.7 Å². The predicted octanol–water partition coefficient (Wildman–Crippen LogP) is 3.29. The lowest BCUT2D eigenvalue weighted by Gasteiger charge is -2.44. The first kappa shape index (κ1) is 21.7. The largest absolute Gasteiger partial charge is 0.370 e. The summed E-state index contributed by atoms with van der Waals surface area (Å²) in [5, 5.41) is 18.8. The summed E-state index contributed by atoms with van der Waals surface area (Å²) in [7, 11) is 0. The molecule has 3 heterocycles. The standard InChI is InChI=1S/C24H35ClFN5/c25-20-13-18(4-5-21(20)26)29-24-19-12-16(15-7-10-27-11-8-15)3-6-22(19)30-23(31-24)17-2-1-9-28-14-17/h2,7,16,18,23-24,27-31H,1,3-6,8-14H2/t16-,18+,23+,24+/m1/s1. The topological polar surface area (TPSA) is 60.1 Å². The molecule has 3 aliphatic heterocycles. The number of rotatable bonds is 4. The summed E-state index contributed by atoms with van der Waals surface area (Å²) in [6, 6.07) is 0.203. The third kappa shape index (κ3) is 4.93. The van der Waals surface area contributed by atoms with Crippen LogP contribution in [0.15, 0.2) is 45.4 Å². The molecule has 7 heteroatoms. The highest BCUT2D eigenvalue weighted by Crippen LogP contribution is 2.38. The van der Waals surface area contributed by atoms with Crippen molar-refractivity contribution in [2.45, 2.75) is 69.7 Å². The molecule has 2 aliphatic carbocycles. The molecular weight excluding hydrogens is 413 g/mol. The van der Waals surface area contributed by atoms with Crippen LogP contribution in [0.25, 0.3) is 0 Å². The highest BCUT2D eigenvalue weighted by Gasteiger charge is 2.36. The third-order valence-electron chi connectivity index (χ3n) is 7.48. The predicted molar refractivity (Wildman–Crippen MR) is 124 cm³/mol. The summed E-state index contributed by atoms with van der Waals surface area (Å²) in [5.41, 5.74) is 5.88. The van der Waals surface area contributed by atoms with Crippen LogP contribution >= 0.6 is 11.6 Å². The zero-order chi connectivity index (χ0) is 21.2. The lowest BCUT2D eigenvalue weighted by molar-refractivity contribution is 0.289. The van der Waals surface area contributed by atoms with Crippen LogP contribution in [-0.4, -0.2) is 44.6 Å². The van der Waals surface area contributed by atoms with E-state index in [-0.39, 0.29) is 24.2 Å². The van der Waals surface area contributed by atoms with E-state index in [4.69, 9.17) is 11.6 Å². The summed E-state index contributed by atoms with van der Waals surface area (Å²) in [5.74, 6) is 0.498. The van der Waals surface area contributed by atoms with Gasteiger partial charge in [0.05, 0.1) is 11.2 Å². The molecule has 0 amide bonds. The minimum atomic E-state index is -0.134. The van der Waals surface area contributed by atoms with E-state index in [1.165, 1.54) is 23.3 Å². The fraction of sp³-hybridized carbons (Fsp3) is 0.667. The maximum absolute atomic E-state index is 13.8. The molecule has 5 N–H and O–H groups in total. The Hall–Kier alpha value is -1.18. The van der Waals surface area contributed by atoms with Crippen LogP contribution in [0.2, 0.25) is 0 Å². The van der Waals surface area contributed by atoms with E-state index >= 15 is 0 Å². The molecule has 0 unspecified atom stereocenters. The Labute approximate surface area is 190 Å². The van der Waals surface area contributed by atoms with Crippen molar-refractivity contribution < 1.29 is 4.39 Å². The van der Waals surface area contributed by atoms with E-state index in [1.807, 2.05) is 0 Å². The van der Waals surface area contributed by atoms with Crippen LogP contribution in [-0.2, 0) is 0 Å². The van der Waals surface area contributed by atoms with Crippen molar-refractivity contribution in [1.82, 2.24) is 26.6 Å². The zero-order valence-electron chi connectivity index (χ0n) is 18.2. The molecule has 4 atom stereocenters. The lowest BCUT2D eigenvalue weighted by Crippen LogP contribution is -2.62. The average Bonchev–Trinajstić information content (AvgIpc) is 2.82. The normalized spacial score (nSPS) is 34.6. The van der Waals surface area contributed by atoms with Crippen LogP contribution in [0, 0.1) is 5.92 Å². The van der Waals surface area contributed by atoms with Gasteiger partial charge in [0, 0.05) is 37.7 Å². The molecule has 0 spiro atoms. The summed E-state index contributed by atoms with van der Waals surface area (Å²) in [6.07, 6.45) is 12.5. The van der Waals surface area contributed by atoms with Gasteiger partial charge in [0.15, 0.2) is 0 Å². The van der Waals surface area contributed by atoms with Crippen LogP contribution in [0.1, 0.15) is 51.4 Å². The molecule has 5 aliphatic rings. The molecular formula is C24H35ClFN5. The fourth-order valence-electron chi connectivity index (χ4n) is 5.71. The molecule has 5 nitrogen and oxygen atoms in total. The van der Waals surface area contributed by atoms with Gasteiger partial charge in [-0.15, -0.1) is 0 Å². The van der Waals surface area contributed by atoms with E-state index in [0.29, 0.717) is 23.8 Å². The minimum Gasteiger partial charge on any atom is -0.370 e. The molecule has 0 bridgehead atoms. The van der Waals surface area contributed by atoms with Gasteiger partial charge >= 0.3 is 0 Å². The molecule has 0 aromatic carbocycles. The Bertz CT molecular complexity index is 817. The fourth-order valence-corrected chi connectivity index (χ4v) is 5.99.